The number of nitrogens with zero attached hydrogens (tertiary/aromatic N) is 1. The first kappa shape index (κ1) is 11.5. The number of carbonyl (C=O) groups is 2. The Bertz CT molecular complexity index is 405. The van der Waals surface area contributed by atoms with Gasteiger partial charge in [0.05, 0.1) is 19.1 Å². The summed E-state index contributed by atoms with van der Waals surface area (Å²) >= 11 is 5.65. The molecular weight excluding hydrogens is 222 g/mol. The second kappa shape index (κ2) is 4.75. The van der Waals surface area contributed by atoms with Crippen molar-refractivity contribution in [2.24, 2.45) is 0 Å². The lowest BCUT2D eigenvalue weighted by molar-refractivity contribution is -0.136. The summed E-state index contributed by atoms with van der Waals surface area (Å²) in [4.78, 5) is 25.3. The minimum Gasteiger partial charge on any atom is -0.481 e. The number of aliphatic carboxylic acids is 1. The Hall–Kier alpha value is -1.62. The summed E-state index contributed by atoms with van der Waals surface area (Å²) in [5, 5.41) is 8.54. The van der Waals surface area contributed by atoms with Gasteiger partial charge in [0.15, 0.2) is 0 Å². The van der Waals surface area contributed by atoms with Crippen molar-refractivity contribution in [3.05, 3.63) is 28.5 Å². The summed E-state index contributed by atoms with van der Waals surface area (Å²) < 4.78 is 4.47. The molecule has 0 fully saturated rings. The second-order valence-electron chi connectivity index (χ2n) is 2.74. The number of hydrogen-bond donors (Lipinski definition) is 1. The molecule has 0 aromatic carbocycles. The van der Waals surface area contributed by atoms with Crippen LogP contribution < -0.4 is 0 Å². The van der Waals surface area contributed by atoms with E-state index in [4.69, 9.17) is 16.7 Å². The smallest absolute Gasteiger partial charge is 0.341 e. The number of carboxylic acid groups (broad SMARTS) is 1. The zero-order valence-corrected chi connectivity index (χ0v) is 8.61. The van der Waals surface area contributed by atoms with Gasteiger partial charge in [-0.1, -0.05) is 11.6 Å². The van der Waals surface area contributed by atoms with Crippen molar-refractivity contribution < 1.29 is 19.4 Å². The number of pyridine rings is 1. The molecule has 80 valence electrons. The van der Waals surface area contributed by atoms with Gasteiger partial charge in [0.1, 0.15) is 5.15 Å². The molecular formula is C9H8ClNO4. The largest absolute Gasteiger partial charge is 0.481 e. The molecule has 0 saturated heterocycles. The van der Waals surface area contributed by atoms with Gasteiger partial charge in [0, 0.05) is 6.20 Å². The number of carbonyl (C=O) groups excluding carboxylic acids is 1. The monoisotopic (exact) mass is 229 g/mol. The fourth-order valence-electron chi connectivity index (χ4n) is 1.02. The highest BCUT2D eigenvalue weighted by Crippen LogP contribution is 2.15. The molecule has 0 bridgehead atoms. The quantitative estimate of drug-likeness (QED) is 0.622. The van der Waals surface area contributed by atoms with Gasteiger partial charge in [-0.2, -0.15) is 0 Å². The van der Waals surface area contributed by atoms with Crippen LogP contribution in [0.1, 0.15) is 15.9 Å². The van der Waals surface area contributed by atoms with Gasteiger partial charge < -0.3 is 9.84 Å². The maximum absolute atomic E-state index is 11.2. The van der Waals surface area contributed by atoms with Crippen molar-refractivity contribution in [3.8, 4) is 0 Å². The van der Waals surface area contributed by atoms with E-state index in [1.165, 1.54) is 19.4 Å². The Kier molecular flexibility index (Phi) is 3.62. The van der Waals surface area contributed by atoms with Crippen LogP contribution in [0.25, 0.3) is 0 Å². The van der Waals surface area contributed by atoms with Crippen LogP contribution in [0.5, 0.6) is 0 Å². The molecule has 0 amide bonds. The Labute approximate surface area is 90.6 Å². The van der Waals surface area contributed by atoms with E-state index in [2.05, 4.69) is 9.72 Å². The first-order valence-electron chi connectivity index (χ1n) is 3.99. The summed E-state index contributed by atoms with van der Waals surface area (Å²) in [6, 6.07) is 1.36. The van der Waals surface area contributed by atoms with E-state index >= 15 is 0 Å². The number of carboxylic acids is 1. The number of esters is 1. The predicted octanol–water partition coefficient (Wildman–Crippen LogP) is 1.15. The summed E-state index contributed by atoms with van der Waals surface area (Å²) in [6.07, 6.45) is 1.09. The molecule has 1 aromatic rings. The van der Waals surface area contributed by atoms with Crippen LogP contribution in [0.2, 0.25) is 5.15 Å². The zero-order valence-electron chi connectivity index (χ0n) is 7.86. The predicted molar refractivity (Wildman–Crippen MR) is 51.9 cm³/mol. The van der Waals surface area contributed by atoms with Crippen LogP contribution in [-0.4, -0.2) is 29.1 Å². The summed E-state index contributed by atoms with van der Waals surface area (Å²) in [7, 11) is 1.21. The SMILES string of the molecule is COC(=O)c1cc(CC(=O)O)cnc1Cl. The third kappa shape index (κ3) is 2.92. The molecule has 15 heavy (non-hydrogen) atoms. The van der Waals surface area contributed by atoms with Crippen molar-refractivity contribution in [2.75, 3.05) is 7.11 Å². The van der Waals surface area contributed by atoms with Crippen LogP contribution in [0.15, 0.2) is 12.3 Å². The first-order valence-corrected chi connectivity index (χ1v) is 4.37. The Morgan fingerprint density at radius 3 is 2.80 bits per heavy atom. The van der Waals surface area contributed by atoms with E-state index in [0.29, 0.717) is 5.56 Å². The number of ether oxygens (including phenoxy) is 1. The van der Waals surface area contributed by atoms with Crippen molar-refractivity contribution in [1.82, 2.24) is 4.98 Å². The molecule has 0 aliphatic carbocycles. The average Bonchev–Trinajstić information content (AvgIpc) is 2.19. The van der Waals surface area contributed by atoms with Crippen molar-refractivity contribution in [1.29, 1.82) is 0 Å². The molecule has 1 rings (SSSR count). The standard InChI is InChI=1S/C9H8ClNO4/c1-15-9(14)6-2-5(3-7(12)13)4-11-8(6)10/h2,4H,3H2,1H3,(H,12,13). The lowest BCUT2D eigenvalue weighted by Crippen LogP contribution is -2.07. The highest BCUT2D eigenvalue weighted by molar-refractivity contribution is 6.32. The number of rotatable bonds is 3. The molecule has 0 aliphatic heterocycles. The minimum absolute atomic E-state index is 0.00371. The summed E-state index contributed by atoms with van der Waals surface area (Å²) in [6.45, 7) is 0. The van der Waals surface area contributed by atoms with E-state index in [9.17, 15) is 9.59 Å². The van der Waals surface area contributed by atoms with Crippen molar-refractivity contribution in [2.45, 2.75) is 6.42 Å². The normalized spacial score (nSPS) is 9.73. The lowest BCUT2D eigenvalue weighted by atomic mass is 10.1. The van der Waals surface area contributed by atoms with Gasteiger partial charge in [-0.3, -0.25) is 4.79 Å². The Morgan fingerprint density at radius 2 is 2.27 bits per heavy atom. The van der Waals surface area contributed by atoms with Crippen LogP contribution in [0.4, 0.5) is 0 Å². The maximum atomic E-state index is 11.2. The van der Waals surface area contributed by atoms with Crippen LogP contribution in [-0.2, 0) is 16.0 Å². The van der Waals surface area contributed by atoms with Gasteiger partial charge in [-0.25, -0.2) is 9.78 Å². The van der Waals surface area contributed by atoms with E-state index < -0.39 is 11.9 Å². The molecule has 0 saturated carbocycles. The van der Waals surface area contributed by atoms with Gasteiger partial charge in [0.2, 0.25) is 0 Å². The van der Waals surface area contributed by atoms with E-state index in [1.54, 1.807) is 0 Å². The van der Waals surface area contributed by atoms with Crippen LogP contribution in [0.3, 0.4) is 0 Å². The maximum Gasteiger partial charge on any atom is 0.341 e. The molecule has 0 radical (unpaired) electrons. The number of halogens is 1. The van der Waals surface area contributed by atoms with Gasteiger partial charge in [0.25, 0.3) is 0 Å². The number of aromatic nitrogens is 1. The molecule has 0 aliphatic rings. The number of hydrogen-bond acceptors (Lipinski definition) is 4. The van der Waals surface area contributed by atoms with E-state index in [0.717, 1.165) is 0 Å². The van der Waals surface area contributed by atoms with Crippen LogP contribution >= 0.6 is 11.6 Å². The minimum atomic E-state index is -1.00. The number of methoxy groups -OCH3 is 1. The molecule has 0 spiro atoms. The fraction of sp³-hybridized carbons (Fsp3) is 0.222. The Balaban J connectivity index is 3.05. The Morgan fingerprint density at radius 1 is 1.60 bits per heavy atom. The highest BCUT2D eigenvalue weighted by Gasteiger charge is 2.13. The van der Waals surface area contributed by atoms with Crippen molar-refractivity contribution in [3.63, 3.8) is 0 Å². The molecule has 0 atom stereocenters. The summed E-state index contributed by atoms with van der Waals surface area (Å²) in [5.41, 5.74) is 0.463. The molecule has 1 aromatic heterocycles. The molecule has 1 N–H and O–H groups in total. The fourth-order valence-corrected chi connectivity index (χ4v) is 1.20. The van der Waals surface area contributed by atoms with Gasteiger partial charge in [-0.05, 0) is 11.6 Å². The third-order valence-electron chi connectivity index (χ3n) is 1.66. The molecule has 0 unspecified atom stereocenters. The molecule has 5 nitrogen and oxygen atoms in total. The molecule has 6 heteroatoms. The zero-order chi connectivity index (χ0) is 11.4. The second-order valence-corrected chi connectivity index (χ2v) is 3.10. The van der Waals surface area contributed by atoms with Gasteiger partial charge in [-0.15, -0.1) is 0 Å². The van der Waals surface area contributed by atoms with Gasteiger partial charge >= 0.3 is 11.9 Å². The molecule has 1 heterocycles. The highest BCUT2D eigenvalue weighted by atomic mass is 35.5. The first-order chi connectivity index (χ1) is 7.04. The topological polar surface area (TPSA) is 76.5 Å². The van der Waals surface area contributed by atoms with Crippen LogP contribution in [0, 0.1) is 0 Å². The van der Waals surface area contributed by atoms with E-state index in [-0.39, 0.29) is 17.1 Å². The third-order valence-corrected chi connectivity index (χ3v) is 1.96. The summed E-state index contributed by atoms with van der Waals surface area (Å²) in [5.74, 6) is -1.64. The van der Waals surface area contributed by atoms with Crippen molar-refractivity contribution >= 4 is 23.5 Å². The van der Waals surface area contributed by atoms with E-state index in [1.807, 2.05) is 0 Å². The lowest BCUT2D eigenvalue weighted by Gasteiger charge is -2.03. The average molecular weight is 230 g/mol.